The van der Waals surface area contributed by atoms with Crippen molar-refractivity contribution in [2.24, 2.45) is 5.92 Å². The Labute approximate surface area is 94.1 Å². The van der Waals surface area contributed by atoms with E-state index in [9.17, 15) is 4.79 Å². The first-order valence-corrected chi connectivity index (χ1v) is 6.20. The molecule has 2 rings (SSSR count). The lowest BCUT2D eigenvalue weighted by atomic mass is 10.00. The van der Waals surface area contributed by atoms with E-state index in [0.29, 0.717) is 0 Å². The number of hydrogen-bond acceptors (Lipinski definition) is 4. The van der Waals surface area contributed by atoms with Gasteiger partial charge in [0.25, 0.3) is 0 Å². The van der Waals surface area contributed by atoms with E-state index in [1.54, 1.807) is 0 Å². The molecular weight excluding hydrogens is 208 g/mol. The summed E-state index contributed by atoms with van der Waals surface area (Å²) < 4.78 is 0. The highest BCUT2D eigenvalue weighted by molar-refractivity contribution is 7.17. The minimum Gasteiger partial charge on any atom is -0.348 e. The molecule has 0 spiro atoms. The molecule has 4 heteroatoms. The van der Waals surface area contributed by atoms with E-state index in [4.69, 9.17) is 0 Å². The summed E-state index contributed by atoms with van der Waals surface area (Å²) in [5.74, 6) is 0.827. The zero-order valence-electron chi connectivity index (χ0n) is 9.19. The van der Waals surface area contributed by atoms with Crippen LogP contribution in [0.5, 0.6) is 0 Å². The van der Waals surface area contributed by atoms with Crippen molar-refractivity contribution in [3.05, 3.63) is 10.6 Å². The highest BCUT2D eigenvalue weighted by Gasteiger charge is 2.19. The molecule has 1 aromatic rings. The first-order valence-electron chi connectivity index (χ1n) is 5.38. The smallest absolute Gasteiger partial charge is 0.186 e. The summed E-state index contributed by atoms with van der Waals surface area (Å²) in [5.41, 5.74) is 0.864. The summed E-state index contributed by atoms with van der Waals surface area (Å²) in [7, 11) is 0. The van der Waals surface area contributed by atoms with Crippen molar-refractivity contribution in [2.45, 2.75) is 26.7 Å². The maximum Gasteiger partial charge on any atom is 0.186 e. The molecule has 0 amide bonds. The molecule has 0 unspecified atom stereocenters. The summed E-state index contributed by atoms with van der Waals surface area (Å²) in [6.45, 7) is 6.34. The number of aryl methyl sites for hydroxylation is 1. The summed E-state index contributed by atoms with van der Waals surface area (Å²) in [4.78, 5) is 18.2. The molecule has 1 aliphatic heterocycles. The van der Waals surface area contributed by atoms with Gasteiger partial charge in [0, 0.05) is 13.1 Å². The lowest BCUT2D eigenvalue weighted by Crippen LogP contribution is -2.32. The van der Waals surface area contributed by atoms with Gasteiger partial charge in [0.15, 0.2) is 11.4 Å². The van der Waals surface area contributed by atoms with Crippen molar-refractivity contribution < 1.29 is 4.79 Å². The van der Waals surface area contributed by atoms with Crippen LogP contribution in [0.15, 0.2) is 0 Å². The molecule has 1 fully saturated rings. The van der Waals surface area contributed by atoms with Gasteiger partial charge in [-0.05, 0) is 25.7 Å². The number of piperidine rings is 1. The number of nitrogens with zero attached hydrogens (tertiary/aromatic N) is 2. The molecule has 0 aliphatic carbocycles. The fraction of sp³-hybridized carbons (Fsp3) is 0.636. The van der Waals surface area contributed by atoms with E-state index >= 15 is 0 Å². The fourth-order valence-electron chi connectivity index (χ4n) is 1.84. The van der Waals surface area contributed by atoms with E-state index in [0.717, 1.165) is 41.0 Å². The number of rotatable bonds is 2. The number of hydrogen-bond donors (Lipinski definition) is 0. The second kappa shape index (κ2) is 4.31. The molecule has 3 nitrogen and oxygen atoms in total. The van der Waals surface area contributed by atoms with Crippen LogP contribution >= 0.6 is 11.3 Å². The number of anilines is 1. The van der Waals surface area contributed by atoms with Gasteiger partial charge in [0.05, 0.1) is 10.6 Å². The summed E-state index contributed by atoms with van der Waals surface area (Å²) in [6, 6.07) is 0. The molecule has 0 aromatic carbocycles. The van der Waals surface area contributed by atoms with Crippen LogP contribution < -0.4 is 4.90 Å². The Kier molecular flexibility index (Phi) is 3.05. The number of thiazole rings is 1. The highest BCUT2D eigenvalue weighted by Crippen LogP contribution is 2.28. The molecule has 2 heterocycles. The third kappa shape index (κ3) is 2.20. The molecule has 1 aliphatic rings. The topological polar surface area (TPSA) is 33.2 Å². The second-order valence-electron chi connectivity index (χ2n) is 4.23. The largest absolute Gasteiger partial charge is 0.348 e. The van der Waals surface area contributed by atoms with Crippen molar-refractivity contribution in [2.75, 3.05) is 18.0 Å². The molecule has 0 saturated carbocycles. The predicted molar refractivity (Wildman–Crippen MR) is 62.8 cm³/mol. The summed E-state index contributed by atoms with van der Waals surface area (Å²) >= 11 is 1.51. The fourth-order valence-corrected chi connectivity index (χ4v) is 2.77. The van der Waals surface area contributed by atoms with Crippen LogP contribution in [-0.2, 0) is 0 Å². The Hall–Kier alpha value is -0.900. The molecule has 0 bridgehead atoms. The monoisotopic (exact) mass is 224 g/mol. The van der Waals surface area contributed by atoms with Gasteiger partial charge in [-0.15, -0.1) is 0 Å². The van der Waals surface area contributed by atoms with Crippen LogP contribution in [0.3, 0.4) is 0 Å². The summed E-state index contributed by atoms with van der Waals surface area (Å²) in [6.07, 6.45) is 3.37. The Morgan fingerprint density at radius 1 is 1.47 bits per heavy atom. The highest BCUT2D eigenvalue weighted by atomic mass is 32.1. The minimum absolute atomic E-state index is 0.767. The van der Waals surface area contributed by atoms with E-state index in [-0.39, 0.29) is 0 Å². The standard InChI is InChI=1S/C11H16N2OS/c1-8-3-5-13(6-4-8)11-12-9(2)10(7-14)15-11/h7-8H,3-6H2,1-2H3. The maximum atomic E-state index is 10.7. The minimum atomic E-state index is 0.767. The zero-order valence-corrected chi connectivity index (χ0v) is 10.0. The van der Waals surface area contributed by atoms with Gasteiger partial charge in [-0.1, -0.05) is 18.3 Å². The SMILES string of the molecule is Cc1nc(N2CCC(C)CC2)sc1C=O. The van der Waals surface area contributed by atoms with Gasteiger partial charge < -0.3 is 4.90 Å². The second-order valence-corrected chi connectivity index (χ2v) is 5.24. The van der Waals surface area contributed by atoms with Crippen LogP contribution in [0.1, 0.15) is 35.1 Å². The van der Waals surface area contributed by atoms with Gasteiger partial charge in [-0.25, -0.2) is 4.98 Å². The van der Waals surface area contributed by atoms with Crippen LogP contribution in [0.2, 0.25) is 0 Å². The van der Waals surface area contributed by atoms with Crippen LogP contribution in [0.25, 0.3) is 0 Å². The Morgan fingerprint density at radius 2 is 2.13 bits per heavy atom. The average molecular weight is 224 g/mol. The van der Waals surface area contributed by atoms with E-state index in [1.807, 2.05) is 6.92 Å². The molecular formula is C11H16N2OS. The number of aldehydes is 1. The van der Waals surface area contributed by atoms with E-state index < -0.39 is 0 Å². The number of aromatic nitrogens is 1. The van der Waals surface area contributed by atoms with Crippen molar-refractivity contribution in [3.63, 3.8) is 0 Å². The van der Waals surface area contributed by atoms with Gasteiger partial charge in [0.1, 0.15) is 0 Å². The third-order valence-electron chi connectivity index (χ3n) is 2.98. The average Bonchev–Trinajstić information content (AvgIpc) is 2.61. The Balaban J connectivity index is 2.12. The lowest BCUT2D eigenvalue weighted by Gasteiger charge is -2.29. The van der Waals surface area contributed by atoms with Crippen LogP contribution in [-0.4, -0.2) is 24.4 Å². The van der Waals surface area contributed by atoms with Crippen molar-refractivity contribution in [3.8, 4) is 0 Å². The van der Waals surface area contributed by atoms with Gasteiger partial charge >= 0.3 is 0 Å². The van der Waals surface area contributed by atoms with Crippen LogP contribution in [0.4, 0.5) is 5.13 Å². The summed E-state index contributed by atoms with van der Waals surface area (Å²) in [5, 5.41) is 1.02. The van der Waals surface area contributed by atoms with Crippen molar-refractivity contribution in [1.29, 1.82) is 0 Å². The van der Waals surface area contributed by atoms with Crippen molar-refractivity contribution >= 4 is 22.8 Å². The van der Waals surface area contributed by atoms with E-state index in [2.05, 4.69) is 16.8 Å². The molecule has 1 aromatic heterocycles. The first-order chi connectivity index (χ1) is 7.20. The molecule has 0 atom stereocenters. The lowest BCUT2D eigenvalue weighted by molar-refractivity contribution is 0.112. The van der Waals surface area contributed by atoms with Crippen molar-refractivity contribution in [1.82, 2.24) is 4.98 Å². The van der Waals surface area contributed by atoms with E-state index in [1.165, 1.54) is 24.2 Å². The zero-order chi connectivity index (χ0) is 10.8. The molecule has 1 saturated heterocycles. The van der Waals surface area contributed by atoms with Gasteiger partial charge in [-0.2, -0.15) is 0 Å². The van der Waals surface area contributed by atoms with Gasteiger partial charge in [0.2, 0.25) is 0 Å². The molecule has 15 heavy (non-hydrogen) atoms. The Morgan fingerprint density at radius 3 is 2.67 bits per heavy atom. The molecule has 0 N–H and O–H groups in total. The molecule has 82 valence electrons. The normalized spacial score (nSPS) is 18.1. The van der Waals surface area contributed by atoms with Gasteiger partial charge in [-0.3, -0.25) is 4.79 Å². The number of carbonyl (C=O) groups excluding carboxylic acids is 1. The molecule has 0 radical (unpaired) electrons. The number of carbonyl (C=O) groups is 1. The van der Waals surface area contributed by atoms with Crippen LogP contribution in [0, 0.1) is 12.8 Å². The third-order valence-corrected chi connectivity index (χ3v) is 4.13. The first kappa shape index (κ1) is 10.6. The Bertz CT molecular complexity index is 353. The maximum absolute atomic E-state index is 10.7. The predicted octanol–water partition coefficient (Wildman–Crippen LogP) is 2.50. The quantitative estimate of drug-likeness (QED) is 0.724.